The van der Waals surface area contributed by atoms with Gasteiger partial charge in [0.25, 0.3) is 0 Å². The van der Waals surface area contributed by atoms with Gasteiger partial charge in [-0.25, -0.2) is 0 Å². The van der Waals surface area contributed by atoms with Crippen LogP contribution in [0.15, 0.2) is 35.4 Å². The molecule has 2 aromatic carbocycles. The molecule has 0 aliphatic heterocycles. The Balaban J connectivity index is 1.94. The summed E-state index contributed by atoms with van der Waals surface area (Å²) in [5, 5.41) is 57.2. The highest BCUT2D eigenvalue weighted by atomic mass is 16.3. The van der Waals surface area contributed by atoms with E-state index in [0.29, 0.717) is 41.5 Å². The minimum Gasteiger partial charge on any atom is -0.504 e. The van der Waals surface area contributed by atoms with Crippen molar-refractivity contribution in [3.05, 3.63) is 46.5 Å². The smallest absolute Gasteiger partial charge is 0.200 e. The van der Waals surface area contributed by atoms with Crippen LogP contribution in [-0.2, 0) is 4.79 Å². The van der Waals surface area contributed by atoms with Gasteiger partial charge >= 0.3 is 0 Å². The zero-order chi connectivity index (χ0) is 19.7. The first-order valence-electron chi connectivity index (χ1n) is 8.22. The van der Waals surface area contributed by atoms with Gasteiger partial charge in [-0.1, -0.05) is 0 Å². The fourth-order valence-electron chi connectivity index (χ4n) is 3.00. The Morgan fingerprint density at radius 3 is 1.30 bits per heavy atom. The predicted octanol–water partition coefficient (Wildman–Crippen LogP) is 3.14. The molecule has 3 rings (SSSR count). The summed E-state index contributed by atoms with van der Waals surface area (Å²) in [6.45, 7) is 0. The van der Waals surface area contributed by atoms with E-state index in [4.69, 9.17) is 0 Å². The van der Waals surface area contributed by atoms with E-state index >= 15 is 0 Å². The van der Waals surface area contributed by atoms with Gasteiger partial charge in [-0.05, 0) is 66.8 Å². The number of aromatic hydroxyl groups is 6. The summed E-state index contributed by atoms with van der Waals surface area (Å²) < 4.78 is 0. The average molecular weight is 370 g/mol. The SMILES string of the molecule is O=C1/C(=C/c2cc(O)c(O)c(O)c2)CCC/C1=C\c1cc(O)c(O)c(O)c1. The molecule has 140 valence electrons. The number of carbonyl (C=O) groups excluding carboxylic acids is 1. The lowest BCUT2D eigenvalue weighted by atomic mass is 9.86. The molecule has 1 saturated carbocycles. The van der Waals surface area contributed by atoms with Crippen molar-refractivity contribution < 1.29 is 35.4 Å². The first-order chi connectivity index (χ1) is 12.8. The van der Waals surface area contributed by atoms with Gasteiger partial charge in [0.2, 0.25) is 0 Å². The van der Waals surface area contributed by atoms with Crippen molar-refractivity contribution in [3.8, 4) is 34.5 Å². The lowest BCUT2D eigenvalue weighted by molar-refractivity contribution is -0.112. The molecule has 0 amide bonds. The molecule has 0 unspecified atom stereocenters. The second-order valence-electron chi connectivity index (χ2n) is 6.34. The third-order valence-corrected chi connectivity index (χ3v) is 4.34. The highest BCUT2D eigenvalue weighted by Crippen LogP contribution is 2.38. The molecule has 0 spiro atoms. The van der Waals surface area contributed by atoms with Gasteiger partial charge in [0.15, 0.2) is 40.3 Å². The van der Waals surface area contributed by atoms with Gasteiger partial charge in [-0.3, -0.25) is 4.79 Å². The number of phenolic OH excluding ortho intramolecular Hbond substituents is 6. The molecule has 0 saturated heterocycles. The molecule has 1 fully saturated rings. The highest BCUT2D eigenvalue weighted by molar-refractivity contribution is 6.14. The van der Waals surface area contributed by atoms with Crippen molar-refractivity contribution in [2.45, 2.75) is 19.3 Å². The molecule has 0 bridgehead atoms. The summed E-state index contributed by atoms with van der Waals surface area (Å²) in [4.78, 5) is 12.7. The van der Waals surface area contributed by atoms with E-state index in [0.717, 1.165) is 0 Å². The highest BCUT2D eigenvalue weighted by Gasteiger charge is 2.21. The second-order valence-corrected chi connectivity index (χ2v) is 6.34. The van der Waals surface area contributed by atoms with Gasteiger partial charge in [0, 0.05) is 11.1 Å². The first-order valence-corrected chi connectivity index (χ1v) is 8.22. The van der Waals surface area contributed by atoms with Crippen LogP contribution in [0.1, 0.15) is 30.4 Å². The summed E-state index contributed by atoms with van der Waals surface area (Å²) in [7, 11) is 0. The maximum absolute atomic E-state index is 12.7. The molecular formula is C20H18O7. The number of hydrogen-bond donors (Lipinski definition) is 6. The minimum atomic E-state index is -0.625. The number of benzene rings is 2. The number of hydrogen-bond acceptors (Lipinski definition) is 7. The monoisotopic (exact) mass is 370 g/mol. The normalized spacial score (nSPS) is 17.6. The third kappa shape index (κ3) is 3.67. The second kappa shape index (κ2) is 6.95. The Morgan fingerprint density at radius 2 is 0.963 bits per heavy atom. The summed E-state index contributed by atoms with van der Waals surface area (Å²) in [6.07, 6.45) is 4.75. The van der Waals surface area contributed by atoms with E-state index in [1.54, 1.807) is 0 Å². The maximum atomic E-state index is 12.7. The van der Waals surface area contributed by atoms with Gasteiger partial charge < -0.3 is 30.6 Å². The Hall–Kier alpha value is -3.61. The van der Waals surface area contributed by atoms with Crippen molar-refractivity contribution in [2.24, 2.45) is 0 Å². The van der Waals surface area contributed by atoms with E-state index < -0.39 is 34.5 Å². The fourth-order valence-corrected chi connectivity index (χ4v) is 3.00. The van der Waals surface area contributed by atoms with Crippen LogP contribution < -0.4 is 0 Å². The molecule has 6 N–H and O–H groups in total. The standard InChI is InChI=1S/C20H18O7/c21-14-6-10(7-15(22)19(14)26)4-12-2-1-3-13(18(12)25)5-11-8-16(23)20(27)17(24)9-11/h4-9,21-24,26-27H,1-3H2/b12-4+,13-5+. The zero-order valence-electron chi connectivity index (χ0n) is 14.2. The van der Waals surface area contributed by atoms with Crippen LogP contribution in [0.2, 0.25) is 0 Å². The molecule has 0 aromatic heterocycles. The maximum Gasteiger partial charge on any atom is 0.200 e. The van der Waals surface area contributed by atoms with Crippen LogP contribution in [0.4, 0.5) is 0 Å². The Morgan fingerprint density at radius 1 is 0.630 bits per heavy atom. The summed E-state index contributed by atoms with van der Waals surface area (Å²) >= 11 is 0. The van der Waals surface area contributed by atoms with E-state index in [-0.39, 0.29) is 5.78 Å². The predicted molar refractivity (Wildman–Crippen MR) is 97.7 cm³/mol. The number of Topliss-reactive ketones (excluding diaryl/α,β-unsaturated/α-hetero) is 1. The average Bonchev–Trinajstić information content (AvgIpc) is 2.61. The molecule has 0 atom stereocenters. The van der Waals surface area contributed by atoms with Crippen molar-refractivity contribution in [3.63, 3.8) is 0 Å². The van der Waals surface area contributed by atoms with Crippen molar-refractivity contribution in [1.82, 2.24) is 0 Å². The summed E-state index contributed by atoms with van der Waals surface area (Å²) in [5.41, 5.74) is 1.66. The van der Waals surface area contributed by atoms with Crippen LogP contribution in [-0.4, -0.2) is 36.4 Å². The first kappa shape index (κ1) is 18.2. The Labute approximate surface area is 154 Å². The number of allylic oxidation sites excluding steroid dienone is 2. The number of phenols is 6. The quantitative estimate of drug-likeness (QED) is 0.353. The van der Waals surface area contributed by atoms with Gasteiger partial charge in [-0.15, -0.1) is 0 Å². The van der Waals surface area contributed by atoms with Gasteiger partial charge in [0.1, 0.15) is 0 Å². The topological polar surface area (TPSA) is 138 Å². The van der Waals surface area contributed by atoms with E-state index in [1.807, 2.05) is 0 Å². The molecule has 7 nitrogen and oxygen atoms in total. The van der Waals surface area contributed by atoms with Crippen molar-refractivity contribution in [2.75, 3.05) is 0 Å². The summed E-state index contributed by atoms with van der Waals surface area (Å²) in [6, 6.07) is 4.96. The fraction of sp³-hybridized carbons (Fsp3) is 0.150. The molecule has 1 aliphatic rings. The molecule has 0 radical (unpaired) electrons. The molecule has 27 heavy (non-hydrogen) atoms. The largest absolute Gasteiger partial charge is 0.504 e. The van der Waals surface area contributed by atoms with E-state index in [1.165, 1.54) is 36.4 Å². The van der Waals surface area contributed by atoms with Gasteiger partial charge in [0.05, 0.1) is 0 Å². The number of rotatable bonds is 2. The van der Waals surface area contributed by atoms with Crippen LogP contribution in [0.25, 0.3) is 12.2 Å². The van der Waals surface area contributed by atoms with Crippen LogP contribution in [0, 0.1) is 0 Å². The third-order valence-electron chi connectivity index (χ3n) is 4.34. The molecule has 2 aromatic rings. The summed E-state index contributed by atoms with van der Waals surface area (Å²) in [5.74, 6) is -3.45. The lowest BCUT2D eigenvalue weighted by Gasteiger charge is -2.17. The molecular weight excluding hydrogens is 352 g/mol. The van der Waals surface area contributed by atoms with Crippen molar-refractivity contribution >= 4 is 17.9 Å². The zero-order valence-corrected chi connectivity index (χ0v) is 14.2. The number of ketones is 1. The molecule has 0 heterocycles. The Bertz CT molecular complexity index is 862. The number of carbonyl (C=O) groups is 1. The Kier molecular flexibility index (Phi) is 4.68. The van der Waals surface area contributed by atoms with E-state index in [9.17, 15) is 35.4 Å². The molecule has 7 heteroatoms. The van der Waals surface area contributed by atoms with Crippen molar-refractivity contribution in [1.29, 1.82) is 0 Å². The van der Waals surface area contributed by atoms with Crippen LogP contribution >= 0.6 is 0 Å². The van der Waals surface area contributed by atoms with Gasteiger partial charge in [-0.2, -0.15) is 0 Å². The van der Waals surface area contributed by atoms with E-state index in [2.05, 4.69) is 0 Å². The van der Waals surface area contributed by atoms with Crippen LogP contribution in [0.3, 0.4) is 0 Å². The molecule has 1 aliphatic carbocycles. The minimum absolute atomic E-state index is 0.236. The van der Waals surface area contributed by atoms with Crippen LogP contribution in [0.5, 0.6) is 34.5 Å². The lowest BCUT2D eigenvalue weighted by Crippen LogP contribution is -2.12.